The third-order valence-electron chi connectivity index (χ3n) is 3.96. The standard InChI is InChI=1S/C14H23N3O/c1-17(12-7-2-3-8-14(12)18)13(10-15)11-6-4-5-9-16-11/h4-6,9,12-14,18H,2-3,7-8,10,15H2,1H3. The Morgan fingerprint density at radius 2 is 2.22 bits per heavy atom. The lowest BCUT2D eigenvalue weighted by atomic mass is 9.90. The van der Waals surface area contributed by atoms with Crippen LogP contribution >= 0.6 is 0 Å². The molecule has 0 aliphatic heterocycles. The molecule has 0 aromatic carbocycles. The molecule has 0 bridgehead atoms. The van der Waals surface area contributed by atoms with Gasteiger partial charge in [-0.25, -0.2) is 0 Å². The van der Waals surface area contributed by atoms with E-state index in [4.69, 9.17) is 5.73 Å². The van der Waals surface area contributed by atoms with Crippen LogP contribution in [0.4, 0.5) is 0 Å². The average molecular weight is 249 g/mol. The van der Waals surface area contributed by atoms with Crippen molar-refractivity contribution in [2.45, 2.75) is 43.9 Å². The molecule has 1 aromatic rings. The summed E-state index contributed by atoms with van der Waals surface area (Å²) in [7, 11) is 2.05. The molecule has 1 aliphatic rings. The Labute approximate surface area is 109 Å². The van der Waals surface area contributed by atoms with Crippen molar-refractivity contribution in [3.05, 3.63) is 30.1 Å². The zero-order valence-corrected chi connectivity index (χ0v) is 11.0. The molecule has 3 N–H and O–H groups in total. The van der Waals surface area contributed by atoms with Crippen LogP contribution in [0.2, 0.25) is 0 Å². The fraction of sp³-hybridized carbons (Fsp3) is 0.643. The molecule has 18 heavy (non-hydrogen) atoms. The zero-order valence-electron chi connectivity index (χ0n) is 11.0. The molecule has 3 unspecified atom stereocenters. The summed E-state index contributed by atoms with van der Waals surface area (Å²) < 4.78 is 0. The molecule has 1 aliphatic carbocycles. The summed E-state index contributed by atoms with van der Waals surface area (Å²) in [4.78, 5) is 6.59. The molecule has 0 spiro atoms. The quantitative estimate of drug-likeness (QED) is 0.844. The average Bonchev–Trinajstić information content (AvgIpc) is 2.41. The number of likely N-dealkylation sites (N-methyl/N-ethyl adjacent to an activating group) is 1. The summed E-state index contributed by atoms with van der Waals surface area (Å²) in [6.07, 6.45) is 5.81. The van der Waals surface area contributed by atoms with Crippen molar-refractivity contribution >= 4 is 0 Å². The monoisotopic (exact) mass is 249 g/mol. The summed E-state index contributed by atoms with van der Waals surface area (Å²) >= 11 is 0. The Hall–Kier alpha value is -0.970. The highest BCUT2D eigenvalue weighted by Gasteiger charge is 2.31. The molecule has 1 heterocycles. The van der Waals surface area contributed by atoms with Gasteiger partial charge in [0.2, 0.25) is 0 Å². The lowest BCUT2D eigenvalue weighted by molar-refractivity contribution is 0.0129. The first-order valence-electron chi connectivity index (χ1n) is 6.75. The van der Waals surface area contributed by atoms with Gasteiger partial charge in [0.05, 0.1) is 17.8 Å². The maximum absolute atomic E-state index is 10.1. The number of aromatic nitrogens is 1. The second-order valence-corrected chi connectivity index (χ2v) is 5.09. The van der Waals surface area contributed by atoms with Crippen molar-refractivity contribution in [3.63, 3.8) is 0 Å². The van der Waals surface area contributed by atoms with Crippen LogP contribution in [0.5, 0.6) is 0 Å². The molecule has 1 fully saturated rings. The minimum absolute atomic E-state index is 0.0870. The lowest BCUT2D eigenvalue weighted by Crippen LogP contribution is -2.46. The topological polar surface area (TPSA) is 62.4 Å². The van der Waals surface area contributed by atoms with Gasteiger partial charge in [0, 0.05) is 18.8 Å². The number of aliphatic hydroxyl groups is 1. The highest BCUT2D eigenvalue weighted by molar-refractivity contribution is 5.10. The minimum atomic E-state index is -0.235. The maximum atomic E-state index is 10.1. The van der Waals surface area contributed by atoms with Crippen LogP contribution in [0, 0.1) is 0 Å². The normalized spacial score (nSPS) is 26.2. The number of hydrogen-bond donors (Lipinski definition) is 2. The van der Waals surface area contributed by atoms with Gasteiger partial charge < -0.3 is 10.8 Å². The first-order valence-corrected chi connectivity index (χ1v) is 6.75. The van der Waals surface area contributed by atoms with Crippen molar-refractivity contribution in [2.75, 3.05) is 13.6 Å². The molecule has 0 amide bonds. The summed E-state index contributed by atoms with van der Waals surface area (Å²) in [6.45, 7) is 0.525. The van der Waals surface area contributed by atoms with Crippen molar-refractivity contribution in [2.24, 2.45) is 5.73 Å². The second kappa shape index (κ2) is 6.27. The van der Waals surface area contributed by atoms with E-state index in [-0.39, 0.29) is 18.2 Å². The third-order valence-corrected chi connectivity index (χ3v) is 3.96. The van der Waals surface area contributed by atoms with E-state index in [1.54, 1.807) is 6.20 Å². The second-order valence-electron chi connectivity index (χ2n) is 5.09. The summed E-state index contributed by atoms with van der Waals surface area (Å²) in [5.74, 6) is 0. The molecule has 2 rings (SSSR count). The van der Waals surface area contributed by atoms with E-state index in [1.165, 1.54) is 6.42 Å². The van der Waals surface area contributed by atoms with Gasteiger partial charge in [-0.05, 0) is 32.0 Å². The molecule has 4 heteroatoms. The first-order chi connectivity index (χ1) is 8.74. The predicted octanol–water partition coefficient (Wildman–Crippen LogP) is 1.32. The summed E-state index contributed by atoms with van der Waals surface area (Å²) in [5, 5.41) is 10.1. The molecular formula is C14H23N3O. The van der Waals surface area contributed by atoms with E-state index in [1.807, 2.05) is 25.2 Å². The Balaban J connectivity index is 2.12. The van der Waals surface area contributed by atoms with Gasteiger partial charge in [0.25, 0.3) is 0 Å². The van der Waals surface area contributed by atoms with Crippen molar-refractivity contribution in [1.29, 1.82) is 0 Å². The molecule has 100 valence electrons. The van der Waals surface area contributed by atoms with Crippen LogP contribution in [0.1, 0.15) is 37.4 Å². The van der Waals surface area contributed by atoms with Crippen LogP contribution < -0.4 is 5.73 Å². The fourth-order valence-corrected chi connectivity index (χ4v) is 2.87. The van der Waals surface area contributed by atoms with E-state index < -0.39 is 0 Å². The van der Waals surface area contributed by atoms with E-state index in [0.717, 1.165) is 25.0 Å². The molecule has 1 saturated carbocycles. The van der Waals surface area contributed by atoms with Crippen LogP contribution in [-0.4, -0.2) is 40.7 Å². The Kier molecular flexibility index (Phi) is 4.69. The van der Waals surface area contributed by atoms with Gasteiger partial charge in [-0.15, -0.1) is 0 Å². The maximum Gasteiger partial charge on any atom is 0.0695 e. The van der Waals surface area contributed by atoms with E-state index in [0.29, 0.717) is 6.54 Å². The molecule has 3 atom stereocenters. The van der Waals surface area contributed by atoms with Gasteiger partial charge in [-0.1, -0.05) is 18.9 Å². The van der Waals surface area contributed by atoms with E-state index in [9.17, 15) is 5.11 Å². The van der Waals surface area contributed by atoms with Gasteiger partial charge >= 0.3 is 0 Å². The first kappa shape index (κ1) is 13.5. The Bertz CT molecular complexity index is 357. The largest absolute Gasteiger partial charge is 0.391 e. The molecule has 0 saturated heterocycles. The number of nitrogens with zero attached hydrogens (tertiary/aromatic N) is 2. The number of rotatable bonds is 4. The van der Waals surface area contributed by atoms with E-state index >= 15 is 0 Å². The fourth-order valence-electron chi connectivity index (χ4n) is 2.87. The Morgan fingerprint density at radius 1 is 1.44 bits per heavy atom. The van der Waals surface area contributed by atoms with Gasteiger partial charge in [-0.2, -0.15) is 0 Å². The SMILES string of the molecule is CN(C(CN)c1ccccn1)C1CCCCC1O. The number of hydrogen-bond acceptors (Lipinski definition) is 4. The molecule has 0 radical (unpaired) electrons. The van der Waals surface area contributed by atoms with E-state index in [2.05, 4.69) is 9.88 Å². The Morgan fingerprint density at radius 3 is 2.83 bits per heavy atom. The highest BCUT2D eigenvalue weighted by atomic mass is 16.3. The van der Waals surface area contributed by atoms with Crippen molar-refractivity contribution in [1.82, 2.24) is 9.88 Å². The van der Waals surface area contributed by atoms with Crippen LogP contribution in [0.3, 0.4) is 0 Å². The van der Waals surface area contributed by atoms with Crippen LogP contribution in [0.25, 0.3) is 0 Å². The van der Waals surface area contributed by atoms with Crippen molar-refractivity contribution < 1.29 is 5.11 Å². The minimum Gasteiger partial charge on any atom is -0.391 e. The van der Waals surface area contributed by atoms with Crippen molar-refractivity contribution in [3.8, 4) is 0 Å². The van der Waals surface area contributed by atoms with Gasteiger partial charge in [0.15, 0.2) is 0 Å². The predicted molar refractivity (Wildman–Crippen MR) is 72.1 cm³/mol. The third kappa shape index (κ3) is 2.88. The number of nitrogens with two attached hydrogens (primary N) is 1. The lowest BCUT2D eigenvalue weighted by Gasteiger charge is -2.39. The highest BCUT2D eigenvalue weighted by Crippen LogP contribution is 2.27. The molecule has 4 nitrogen and oxygen atoms in total. The molecule has 1 aromatic heterocycles. The summed E-state index contributed by atoms with van der Waals surface area (Å²) in [6, 6.07) is 6.18. The summed E-state index contributed by atoms with van der Waals surface area (Å²) in [5.41, 5.74) is 6.88. The van der Waals surface area contributed by atoms with Gasteiger partial charge in [-0.3, -0.25) is 9.88 Å². The number of pyridine rings is 1. The zero-order chi connectivity index (χ0) is 13.0. The smallest absolute Gasteiger partial charge is 0.0695 e. The van der Waals surface area contributed by atoms with Gasteiger partial charge in [0.1, 0.15) is 0 Å². The van der Waals surface area contributed by atoms with Crippen LogP contribution in [-0.2, 0) is 0 Å². The van der Waals surface area contributed by atoms with Crippen LogP contribution in [0.15, 0.2) is 24.4 Å². The number of aliphatic hydroxyl groups excluding tert-OH is 1. The molecular weight excluding hydrogens is 226 g/mol.